The van der Waals surface area contributed by atoms with Crippen molar-refractivity contribution < 1.29 is 19.4 Å². The van der Waals surface area contributed by atoms with Gasteiger partial charge in [-0.25, -0.2) is 0 Å². The Morgan fingerprint density at radius 3 is 2.61 bits per heavy atom. The zero-order valence-electron chi connectivity index (χ0n) is 17.7. The average molecular weight is 555 g/mol. The summed E-state index contributed by atoms with van der Waals surface area (Å²) in [5, 5.41) is 24.4. The first-order valence-corrected chi connectivity index (χ1v) is 11.8. The Hall–Kier alpha value is -2.60. The molecule has 1 aromatic heterocycles. The lowest BCUT2D eigenvalue weighted by Gasteiger charge is -2.16. The molecule has 3 N–H and O–H groups in total. The van der Waals surface area contributed by atoms with Gasteiger partial charge < -0.3 is 25.0 Å². The van der Waals surface area contributed by atoms with Crippen molar-refractivity contribution in [2.45, 2.75) is 11.2 Å². The van der Waals surface area contributed by atoms with Crippen LogP contribution in [-0.2, 0) is 11.8 Å². The molecule has 0 saturated carbocycles. The van der Waals surface area contributed by atoms with Crippen molar-refractivity contribution in [3.8, 4) is 5.75 Å². The number of hydrogen-bond acceptors (Lipinski definition) is 7. The molecular formula is C21H21BrClN5O4S. The summed E-state index contributed by atoms with van der Waals surface area (Å²) in [6, 6.07) is 10.9. The molecule has 0 fully saturated rings. The molecule has 3 aromatic rings. The minimum absolute atomic E-state index is 0.0850. The summed E-state index contributed by atoms with van der Waals surface area (Å²) in [7, 11) is 3.24. The number of carbonyl (C=O) groups is 2. The van der Waals surface area contributed by atoms with Gasteiger partial charge in [-0.2, -0.15) is 0 Å². The number of aromatic nitrogens is 3. The van der Waals surface area contributed by atoms with Crippen molar-refractivity contribution in [1.82, 2.24) is 20.1 Å². The first-order valence-electron chi connectivity index (χ1n) is 9.65. The maximum absolute atomic E-state index is 12.5. The van der Waals surface area contributed by atoms with E-state index >= 15 is 0 Å². The average Bonchev–Trinajstić information content (AvgIpc) is 3.18. The largest absolute Gasteiger partial charge is 0.497 e. The number of amides is 2. The van der Waals surface area contributed by atoms with Gasteiger partial charge in [0.1, 0.15) is 11.8 Å². The summed E-state index contributed by atoms with van der Waals surface area (Å²) in [5.74, 6) is 0.465. The molecule has 1 heterocycles. The second-order valence-corrected chi connectivity index (χ2v) is 9.01. The van der Waals surface area contributed by atoms with Crippen LogP contribution in [0.1, 0.15) is 22.2 Å². The van der Waals surface area contributed by atoms with E-state index in [1.54, 1.807) is 61.2 Å². The summed E-state index contributed by atoms with van der Waals surface area (Å²) in [4.78, 5) is 24.8. The standard InChI is InChI=1S/C21H21BrClN5O4S/c1-28-19(17(10-29)25-20(31)12-3-6-14(32-2)7-4-12)26-27-21(28)33-11-18(30)24-13-5-8-15(22)16(23)9-13/h3-9,17,29H,10-11H2,1-2H3,(H,24,30)(H,25,31)/t17-/m1/s1. The van der Waals surface area contributed by atoms with E-state index in [-0.39, 0.29) is 24.2 Å². The van der Waals surface area contributed by atoms with Crippen molar-refractivity contribution in [2.24, 2.45) is 7.05 Å². The summed E-state index contributed by atoms with van der Waals surface area (Å²) < 4.78 is 7.46. The van der Waals surface area contributed by atoms with E-state index in [1.165, 1.54) is 11.8 Å². The number of ether oxygens (including phenoxy) is 1. The highest BCUT2D eigenvalue weighted by Gasteiger charge is 2.22. The quantitative estimate of drug-likeness (QED) is 0.347. The van der Waals surface area contributed by atoms with Gasteiger partial charge in [0, 0.05) is 22.8 Å². The maximum atomic E-state index is 12.5. The van der Waals surface area contributed by atoms with Gasteiger partial charge >= 0.3 is 0 Å². The fraction of sp³-hybridized carbons (Fsp3) is 0.238. The van der Waals surface area contributed by atoms with E-state index < -0.39 is 6.04 Å². The first-order chi connectivity index (χ1) is 15.8. The number of thioether (sulfide) groups is 1. The van der Waals surface area contributed by atoms with Crippen LogP contribution in [0.5, 0.6) is 5.75 Å². The molecule has 174 valence electrons. The molecule has 0 bridgehead atoms. The Morgan fingerprint density at radius 2 is 1.97 bits per heavy atom. The second kappa shape index (κ2) is 11.5. The highest BCUT2D eigenvalue weighted by atomic mass is 79.9. The molecule has 0 radical (unpaired) electrons. The second-order valence-electron chi connectivity index (χ2n) is 6.80. The Morgan fingerprint density at radius 1 is 1.24 bits per heavy atom. The lowest BCUT2D eigenvalue weighted by molar-refractivity contribution is -0.113. The van der Waals surface area contributed by atoms with E-state index in [1.807, 2.05) is 0 Å². The SMILES string of the molecule is COc1ccc(C(=O)N[C@H](CO)c2nnc(SCC(=O)Nc3ccc(Br)c(Cl)c3)n2C)cc1. The highest BCUT2D eigenvalue weighted by Crippen LogP contribution is 2.26. The highest BCUT2D eigenvalue weighted by molar-refractivity contribution is 9.10. The third-order valence-electron chi connectivity index (χ3n) is 4.56. The zero-order chi connectivity index (χ0) is 24.0. The fourth-order valence-corrected chi connectivity index (χ4v) is 3.98. The number of nitrogens with one attached hydrogen (secondary N) is 2. The molecule has 0 unspecified atom stereocenters. The van der Waals surface area contributed by atoms with Gasteiger partial charge in [-0.3, -0.25) is 9.59 Å². The van der Waals surface area contributed by atoms with Gasteiger partial charge in [0.2, 0.25) is 5.91 Å². The molecule has 0 saturated heterocycles. The molecule has 0 aliphatic heterocycles. The maximum Gasteiger partial charge on any atom is 0.251 e. The number of aliphatic hydroxyl groups is 1. The summed E-state index contributed by atoms with van der Waals surface area (Å²) in [5.41, 5.74) is 0.991. The van der Waals surface area contributed by atoms with Crippen LogP contribution in [0.3, 0.4) is 0 Å². The van der Waals surface area contributed by atoms with Gasteiger partial charge in [0.15, 0.2) is 11.0 Å². The first kappa shape index (κ1) is 25.0. The van der Waals surface area contributed by atoms with E-state index in [2.05, 4.69) is 36.8 Å². The molecule has 3 rings (SSSR count). The van der Waals surface area contributed by atoms with Gasteiger partial charge in [-0.1, -0.05) is 23.4 Å². The molecule has 12 heteroatoms. The minimum Gasteiger partial charge on any atom is -0.497 e. The van der Waals surface area contributed by atoms with Crippen molar-refractivity contribution in [1.29, 1.82) is 0 Å². The van der Waals surface area contributed by atoms with E-state index in [9.17, 15) is 14.7 Å². The number of anilines is 1. The molecule has 33 heavy (non-hydrogen) atoms. The number of halogens is 2. The van der Waals surface area contributed by atoms with Crippen LogP contribution in [-0.4, -0.2) is 51.2 Å². The number of benzene rings is 2. The summed E-state index contributed by atoms with van der Waals surface area (Å²) in [6.45, 7) is -0.372. The van der Waals surface area contributed by atoms with Gasteiger partial charge in [-0.05, 0) is 58.4 Å². The van der Waals surface area contributed by atoms with Crippen molar-refractivity contribution in [3.05, 3.63) is 63.3 Å². The monoisotopic (exact) mass is 553 g/mol. The van der Waals surface area contributed by atoms with Crippen LogP contribution < -0.4 is 15.4 Å². The fourth-order valence-electron chi connectivity index (χ4n) is 2.83. The van der Waals surface area contributed by atoms with Crippen molar-refractivity contribution >= 4 is 56.8 Å². The smallest absolute Gasteiger partial charge is 0.251 e. The topological polar surface area (TPSA) is 118 Å². The molecule has 0 aliphatic rings. The molecule has 0 aliphatic carbocycles. The van der Waals surface area contributed by atoms with Crippen LogP contribution in [0.25, 0.3) is 0 Å². The summed E-state index contributed by atoms with van der Waals surface area (Å²) in [6.07, 6.45) is 0. The minimum atomic E-state index is -0.773. The van der Waals surface area contributed by atoms with Gasteiger partial charge in [-0.15, -0.1) is 10.2 Å². The van der Waals surface area contributed by atoms with Gasteiger partial charge in [0.25, 0.3) is 5.91 Å². The number of rotatable bonds is 9. The lowest BCUT2D eigenvalue weighted by Crippen LogP contribution is -2.32. The summed E-state index contributed by atoms with van der Waals surface area (Å²) >= 11 is 10.5. The normalized spacial score (nSPS) is 11.7. The molecule has 0 spiro atoms. The van der Waals surface area contributed by atoms with E-state index in [4.69, 9.17) is 16.3 Å². The van der Waals surface area contributed by atoms with Gasteiger partial charge in [0.05, 0.1) is 24.5 Å². The molecule has 9 nitrogen and oxygen atoms in total. The van der Waals surface area contributed by atoms with Crippen LogP contribution in [0, 0.1) is 0 Å². The molecular weight excluding hydrogens is 534 g/mol. The molecule has 2 aromatic carbocycles. The lowest BCUT2D eigenvalue weighted by atomic mass is 10.2. The van der Waals surface area contributed by atoms with E-state index in [0.29, 0.717) is 33.0 Å². The van der Waals surface area contributed by atoms with Crippen molar-refractivity contribution in [3.63, 3.8) is 0 Å². The predicted molar refractivity (Wildman–Crippen MR) is 130 cm³/mol. The Kier molecular flexibility index (Phi) is 8.73. The number of aliphatic hydroxyl groups excluding tert-OH is 1. The predicted octanol–water partition coefficient (Wildman–Crippen LogP) is 3.43. The molecule has 2 amide bonds. The van der Waals surface area contributed by atoms with Crippen LogP contribution in [0.2, 0.25) is 5.02 Å². The third-order valence-corrected chi connectivity index (χ3v) is 6.81. The Labute approximate surface area is 208 Å². The third kappa shape index (κ3) is 6.47. The Balaban J connectivity index is 1.61. The van der Waals surface area contributed by atoms with Crippen LogP contribution in [0.4, 0.5) is 5.69 Å². The zero-order valence-corrected chi connectivity index (χ0v) is 20.9. The van der Waals surface area contributed by atoms with E-state index in [0.717, 1.165) is 4.47 Å². The van der Waals surface area contributed by atoms with Crippen LogP contribution in [0.15, 0.2) is 52.1 Å². The Bertz CT molecular complexity index is 1140. The number of methoxy groups -OCH3 is 1. The number of nitrogens with zero attached hydrogens (tertiary/aromatic N) is 3. The van der Waals surface area contributed by atoms with Crippen LogP contribution >= 0.6 is 39.3 Å². The van der Waals surface area contributed by atoms with Crippen molar-refractivity contribution in [2.75, 3.05) is 24.8 Å². The number of carbonyl (C=O) groups excluding carboxylic acids is 2. The number of hydrogen-bond donors (Lipinski definition) is 3. The molecule has 1 atom stereocenters.